The number of nitrogens with zero attached hydrogens (tertiary/aromatic N) is 2. The lowest BCUT2D eigenvalue weighted by atomic mass is 9.99. The molecule has 2 aromatic carbocycles. The molecular weight excluding hydrogens is 319 g/mol. The van der Waals surface area contributed by atoms with Gasteiger partial charge >= 0.3 is 0 Å². The molecule has 2 aliphatic rings. The van der Waals surface area contributed by atoms with Crippen molar-refractivity contribution in [2.24, 2.45) is 0 Å². The van der Waals surface area contributed by atoms with Crippen molar-refractivity contribution in [1.82, 2.24) is 4.90 Å². The number of piperazine rings is 1. The molecule has 0 N–H and O–H groups in total. The number of hydrogen-bond donors (Lipinski definition) is 0. The largest absolute Gasteiger partial charge is 0.368 e. The Hall–Kier alpha value is -2.69. The molecule has 1 amide bonds. The minimum Gasteiger partial charge on any atom is -0.368 e. The predicted molar refractivity (Wildman–Crippen MR) is 93.3 cm³/mol. The summed E-state index contributed by atoms with van der Waals surface area (Å²) >= 11 is 0. The summed E-state index contributed by atoms with van der Waals surface area (Å²) in [6, 6.07) is 13.8. The molecule has 4 rings (SSSR count). The average Bonchev–Trinajstić information content (AvgIpc) is 2.99. The highest BCUT2D eigenvalue weighted by atomic mass is 19.1. The van der Waals surface area contributed by atoms with Crippen LogP contribution in [0.2, 0.25) is 0 Å². The van der Waals surface area contributed by atoms with Gasteiger partial charge in [0.05, 0.1) is 5.92 Å². The van der Waals surface area contributed by atoms with Crippen LogP contribution in [-0.4, -0.2) is 42.8 Å². The molecule has 1 fully saturated rings. The Kier molecular flexibility index (Phi) is 3.99. The van der Waals surface area contributed by atoms with Gasteiger partial charge in [-0.1, -0.05) is 24.3 Å². The zero-order valence-corrected chi connectivity index (χ0v) is 13.8. The Labute approximate surface area is 145 Å². The molecule has 0 bridgehead atoms. The van der Waals surface area contributed by atoms with E-state index in [0.717, 1.165) is 11.3 Å². The summed E-state index contributed by atoms with van der Waals surface area (Å²) < 4.78 is 13.0. The number of rotatable bonds is 2. The summed E-state index contributed by atoms with van der Waals surface area (Å²) in [6.07, 6.45) is 0.274. The minimum atomic E-state index is -0.346. The molecule has 128 valence electrons. The van der Waals surface area contributed by atoms with Gasteiger partial charge in [0.2, 0.25) is 5.91 Å². The van der Waals surface area contributed by atoms with Crippen molar-refractivity contribution >= 4 is 17.4 Å². The molecule has 0 spiro atoms. The number of hydrogen-bond acceptors (Lipinski definition) is 3. The summed E-state index contributed by atoms with van der Waals surface area (Å²) in [4.78, 5) is 29.0. The Morgan fingerprint density at radius 2 is 1.64 bits per heavy atom. The highest BCUT2D eigenvalue weighted by molar-refractivity contribution is 6.06. The van der Waals surface area contributed by atoms with Crippen molar-refractivity contribution in [2.75, 3.05) is 31.1 Å². The van der Waals surface area contributed by atoms with Crippen LogP contribution >= 0.6 is 0 Å². The molecule has 1 aliphatic carbocycles. The molecule has 0 unspecified atom stereocenters. The van der Waals surface area contributed by atoms with E-state index in [9.17, 15) is 14.0 Å². The quantitative estimate of drug-likeness (QED) is 0.845. The molecule has 1 atom stereocenters. The summed E-state index contributed by atoms with van der Waals surface area (Å²) in [5, 5.41) is 0. The molecule has 1 saturated heterocycles. The van der Waals surface area contributed by atoms with Gasteiger partial charge in [-0.3, -0.25) is 9.59 Å². The topological polar surface area (TPSA) is 40.6 Å². The van der Waals surface area contributed by atoms with E-state index in [2.05, 4.69) is 4.90 Å². The second-order valence-electron chi connectivity index (χ2n) is 6.56. The van der Waals surface area contributed by atoms with Crippen molar-refractivity contribution in [3.63, 3.8) is 0 Å². The number of amides is 1. The Morgan fingerprint density at radius 3 is 2.36 bits per heavy atom. The van der Waals surface area contributed by atoms with E-state index in [-0.39, 0.29) is 29.8 Å². The maximum atomic E-state index is 13.0. The van der Waals surface area contributed by atoms with Crippen LogP contribution in [0.5, 0.6) is 0 Å². The van der Waals surface area contributed by atoms with Crippen molar-refractivity contribution in [3.05, 3.63) is 65.5 Å². The van der Waals surface area contributed by atoms with E-state index < -0.39 is 0 Å². The molecule has 0 aromatic heterocycles. The monoisotopic (exact) mass is 338 g/mol. The molecule has 2 aromatic rings. The number of benzene rings is 2. The smallest absolute Gasteiger partial charge is 0.230 e. The van der Waals surface area contributed by atoms with Crippen molar-refractivity contribution in [2.45, 2.75) is 12.3 Å². The van der Waals surface area contributed by atoms with Gasteiger partial charge in [-0.25, -0.2) is 4.39 Å². The van der Waals surface area contributed by atoms with Crippen LogP contribution in [0.1, 0.15) is 28.3 Å². The molecule has 1 aliphatic heterocycles. The lowest BCUT2D eigenvalue weighted by Crippen LogP contribution is -2.50. The van der Waals surface area contributed by atoms with Gasteiger partial charge in [0.1, 0.15) is 5.82 Å². The zero-order chi connectivity index (χ0) is 17.4. The highest BCUT2D eigenvalue weighted by Gasteiger charge is 2.37. The average molecular weight is 338 g/mol. The van der Waals surface area contributed by atoms with Gasteiger partial charge in [0, 0.05) is 43.9 Å². The standard InChI is InChI=1S/C20H19FN2O2/c21-14-5-7-15(8-6-14)22-9-11-23(12-10-22)20(25)18-13-19(24)17-4-2-1-3-16(17)18/h1-8,18H,9-13H2/t18-/m0/s1. The predicted octanol–water partition coefficient (Wildman–Crippen LogP) is 2.84. The first-order valence-electron chi connectivity index (χ1n) is 8.55. The zero-order valence-electron chi connectivity index (χ0n) is 13.8. The van der Waals surface area contributed by atoms with Crippen LogP contribution < -0.4 is 4.90 Å². The Bertz CT molecular complexity index is 811. The van der Waals surface area contributed by atoms with Gasteiger partial charge in [-0.05, 0) is 29.8 Å². The fourth-order valence-electron chi connectivity index (χ4n) is 3.74. The first-order valence-corrected chi connectivity index (χ1v) is 8.55. The van der Waals surface area contributed by atoms with Crippen molar-refractivity contribution in [3.8, 4) is 0 Å². The minimum absolute atomic E-state index is 0.0389. The van der Waals surface area contributed by atoms with Crippen LogP contribution in [0, 0.1) is 5.82 Å². The number of halogens is 1. The van der Waals surface area contributed by atoms with E-state index in [0.29, 0.717) is 31.7 Å². The van der Waals surface area contributed by atoms with Gasteiger partial charge in [-0.15, -0.1) is 0 Å². The Balaban J connectivity index is 1.44. The molecular formula is C20H19FN2O2. The third-order valence-corrected chi connectivity index (χ3v) is 5.11. The lowest BCUT2D eigenvalue weighted by molar-refractivity contribution is -0.133. The second kappa shape index (κ2) is 6.31. The third kappa shape index (κ3) is 2.90. The van der Waals surface area contributed by atoms with Crippen LogP contribution in [0.15, 0.2) is 48.5 Å². The molecule has 0 radical (unpaired) electrons. The summed E-state index contributed by atoms with van der Waals surface area (Å²) in [5.74, 6) is -0.501. The molecule has 5 heteroatoms. The van der Waals surface area contributed by atoms with Crippen molar-refractivity contribution in [1.29, 1.82) is 0 Å². The summed E-state index contributed by atoms with van der Waals surface area (Å²) in [6.45, 7) is 2.64. The third-order valence-electron chi connectivity index (χ3n) is 5.11. The molecule has 0 saturated carbocycles. The normalized spacial score (nSPS) is 19.9. The summed E-state index contributed by atoms with van der Waals surface area (Å²) in [7, 11) is 0. The number of Topliss-reactive ketones (excluding diaryl/α,β-unsaturated/α-hetero) is 1. The molecule has 25 heavy (non-hydrogen) atoms. The SMILES string of the molecule is O=C1C[C@H](C(=O)N2CCN(c3ccc(F)cc3)CC2)c2ccccc21. The van der Waals surface area contributed by atoms with E-state index in [1.807, 2.05) is 23.1 Å². The molecule has 4 nitrogen and oxygen atoms in total. The fourth-order valence-corrected chi connectivity index (χ4v) is 3.74. The van der Waals surface area contributed by atoms with E-state index >= 15 is 0 Å². The van der Waals surface area contributed by atoms with Gasteiger partial charge in [-0.2, -0.15) is 0 Å². The van der Waals surface area contributed by atoms with Gasteiger partial charge in [0.15, 0.2) is 5.78 Å². The van der Waals surface area contributed by atoms with E-state index in [1.54, 1.807) is 18.2 Å². The Morgan fingerprint density at radius 1 is 0.960 bits per heavy atom. The van der Waals surface area contributed by atoms with Crippen LogP contribution in [0.25, 0.3) is 0 Å². The maximum Gasteiger partial charge on any atom is 0.230 e. The lowest BCUT2D eigenvalue weighted by Gasteiger charge is -2.37. The number of anilines is 1. The van der Waals surface area contributed by atoms with E-state index in [1.165, 1.54) is 12.1 Å². The summed E-state index contributed by atoms with van der Waals surface area (Å²) in [5.41, 5.74) is 2.51. The van der Waals surface area contributed by atoms with Crippen LogP contribution in [0.4, 0.5) is 10.1 Å². The molecule has 1 heterocycles. The highest BCUT2D eigenvalue weighted by Crippen LogP contribution is 2.34. The van der Waals surface area contributed by atoms with Gasteiger partial charge in [0.25, 0.3) is 0 Å². The fraction of sp³-hybridized carbons (Fsp3) is 0.300. The maximum absolute atomic E-state index is 13.0. The van der Waals surface area contributed by atoms with Gasteiger partial charge < -0.3 is 9.80 Å². The number of carbonyl (C=O) groups excluding carboxylic acids is 2. The number of fused-ring (bicyclic) bond motifs is 1. The van der Waals surface area contributed by atoms with Crippen LogP contribution in [-0.2, 0) is 4.79 Å². The van der Waals surface area contributed by atoms with Crippen molar-refractivity contribution < 1.29 is 14.0 Å². The second-order valence-corrected chi connectivity index (χ2v) is 6.56. The van der Waals surface area contributed by atoms with E-state index in [4.69, 9.17) is 0 Å². The first kappa shape index (κ1) is 15.8. The first-order chi connectivity index (χ1) is 12.1. The number of ketones is 1. The van der Waals surface area contributed by atoms with Crippen LogP contribution in [0.3, 0.4) is 0 Å². The number of carbonyl (C=O) groups is 2.